The summed E-state index contributed by atoms with van der Waals surface area (Å²) in [5, 5.41) is 0.895. The van der Waals surface area contributed by atoms with Crippen LogP contribution in [0.25, 0.3) is 10.8 Å². The number of rotatable bonds is 3. The number of amides is 1. The van der Waals surface area contributed by atoms with Crippen molar-refractivity contribution in [3.63, 3.8) is 0 Å². The van der Waals surface area contributed by atoms with E-state index in [1.165, 1.54) is 4.90 Å². The van der Waals surface area contributed by atoms with Gasteiger partial charge in [0.1, 0.15) is 5.25 Å². The zero-order chi connectivity index (χ0) is 15.9. The summed E-state index contributed by atoms with van der Waals surface area (Å²) in [5.74, 6) is -0.327. The molecule has 1 saturated heterocycles. The van der Waals surface area contributed by atoms with Gasteiger partial charge in [0.15, 0.2) is 0 Å². The van der Waals surface area contributed by atoms with E-state index in [0.717, 1.165) is 16.3 Å². The number of nitrogens with zero attached hydrogens (tertiary/aromatic N) is 1. The van der Waals surface area contributed by atoms with Gasteiger partial charge < -0.3 is 4.90 Å². The first-order valence-corrected chi connectivity index (χ1v) is 8.52. The highest BCUT2D eigenvalue weighted by Gasteiger charge is 2.40. The second kappa shape index (κ2) is 5.35. The number of carbonyl (C=O) groups is 1. The summed E-state index contributed by atoms with van der Waals surface area (Å²) < 4.78 is 35.1. The quantitative estimate of drug-likeness (QED) is 0.817. The molecule has 0 spiro atoms. The van der Waals surface area contributed by atoms with Gasteiger partial charge in [-0.25, -0.2) is 0 Å². The number of benzene rings is 2. The fraction of sp³-hybridized carbons (Fsp3) is 0.312. The lowest BCUT2D eigenvalue weighted by Gasteiger charge is -2.25. The minimum absolute atomic E-state index is 0.0916. The summed E-state index contributed by atoms with van der Waals surface area (Å²) in [7, 11) is -4.68. The molecule has 2 aromatic carbocycles. The average molecular weight is 321 g/mol. The molecule has 2 aromatic rings. The number of hydrogen-bond donors (Lipinski definition) is 0. The number of likely N-dealkylation sites (tertiary alicyclic amines) is 1. The van der Waals surface area contributed by atoms with Crippen molar-refractivity contribution in [2.75, 3.05) is 6.54 Å². The normalized spacial score (nSPS) is 20.5. The Morgan fingerprint density at radius 2 is 1.86 bits per heavy atom. The molecule has 0 N–H and O–H groups in total. The number of fused-ring (bicyclic) bond motifs is 1. The Kier molecular flexibility index (Phi) is 3.64. The van der Waals surface area contributed by atoms with Gasteiger partial charge in [-0.15, -0.1) is 3.89 Å². The van der Waals surface area contributed by atoms with Crippen LogP contribution in [0.3, 0.4) is 0 Å². The predicted molar refractivity (Wildman–Crippen MR) is 82.5 cm³/mol. The molecule has 2 unspecified atom stereocenters. The van der Waals surface area contributed by atoms with Gasteiger partial charge in [0.05, 0.1) is 6.04 Å². The molecular weight excluding hydrogens is 305 g/mol. The van der Waals surface area contributed by atoms with Crippen molar-refractivity contribution < 1.29 is 17.1 Å². The zero-order valence-corrected chi connectivity index (χ0v) is 12.9. The van der Waals surface area contributed by atoms with Crippen LogP contribution in [0.1, 0.15) is 24.9 Å². The molecular formula is C16H16FNO3S. The van der Waals surface area contributed by atoms with E-state index in [9.17, 15) is 17.1 Å². The van der Waals surface area contributed by atoms with Crippen LogP contribution in [0.15, 0.2) is 42.5 Å². The van der Waals surface area contributed by atoms with E-state index < -0.39 is 15.5 Å². The first kappa shape index (κ1) is 15.0. The highest BCUT2D eigenvalue weighted by atomic mass is 32.3. The van der Waals surface area contributed by atoms with Gasteiger partial charge in [-0.3, -0.25) is 4.79 Å². The minimum Gasteiger partial charge on any atom is -0.334 e. The maximum Gasteiger partial charge on any atom is 0.307 e. The van der Waals surface area contributed by atoms with Gasteiger partial charge >= 0.3 is 10.2 Å². The number of carbonyl (C=O) groups excluding carboxylic acids is 1. The Morgan fingerprint density at radius 1 is 1.18 bits per heavy atom. The van der Waals surface area contributed by atoms with Crippen LogP contribution < -0.4 is 0 Å². The van der Waals surface area contributed by atoms with Gasteiger partial charge in [-0.05, 0) is 29.3 Å². The van der Waals surface area contributed by atoms with Crippen molar-refractivity contribution in [3.05, 3.63) is 48.0 Å². The Morgan fingerprint density at radius 3 is 2.50 bits per heavy atom. The predicted octanol–water partition coefficient (Wildman–Crippen LogP) is 2.80. The average Bonchev–Trinajstić information content (AvgIpc) is 2.88. The van der Waals surface area contributed by atoms with Crippen LogP contribution in [-0.2, 0) is 15.0 Å². The van der Waals surface area contributed by atoms with Crippen molar-refractivity contribution in [3.8, 4) is 0 Å². The standard InChI is InChI=1S/C16H16FNO3S/c1-11(18-10-15(9-16(18)19)22(17,20)21)13-7-6-12-4-2-3-5-14(12)8-13/h2-8,11,15H,9-10H2,1H3. The summed E-state index contributed by atoms with van der Waals surface area (Å²) in [6.45, 7) is 1.74. The maximum absolute atomic E-state index is 13.1. The van der Waals surface area contributed by atoms with Gasteiger partial charge in [0.25, 0.3) is 0 Å². The summed E-state index contributed by atoms with van der Waals surface area (Å²) >= 11 is 0. The molecule has 0 radical (unpaired) electrons. The van der Waals surface area contributed by atoms with Crippen LogP contribution in [0, 0.1) is 0 Å². The maximum atomic E-state index is 13.1. The molecule has 0 bridgehead atoms. The summed E-state index contributed by atoms with van der Waals surface area (Å²) in [6.07, 6.45) is -0.281. The van der Waals surface area contributed by atoms with E-state index in [1.54, 1.807) is 0 Å². The lowest BCUT2D eigenvalue weighted by Crippen LogP contribution is -2.30. The van der Waals surface area contributed by atoms with E-state index in [1.807, 2.05) is 49.4 Å². The number of halogens is 1. The molecule has 3 rings (SSSR count). The van der Waals surface area contributed by atoms with Crippen LogP contribution in [-0.4, -0.2) is 31.0 Å². The largest absolute Gasteiger partial charge is 0.334 e. The molecule has 22 heavy (non-hydrogen) atoms. The number of hydrogen-bond acceptors (Lipinski definition) is 3. The van der Waals surface area contributed by atoms with Crippen LogP contribution in [0.2, 0.25) is 0 Å². The lowest BCUT2D eigenvalue weighted by molar-refractivity contribution is -0.129. The summed E-state index contributed by atoms with van der Waals surface area (Å²) in [5.41, 5.74) is 0.906. The molecule has 2 atom stereocenters. The highest BCUT2D eigenvalue weighted by molar-refractivity contribution is 7.87. The molecule has 0 aromatic heterocycles. The molecule has 0 aliphatic carbocycles. The van der Waals surface area contributed by atoms with E-state index >= 15 is 0 Å². The highest BCUT2D eigenvalue weighted by Crippen LogP contribution is 2.30. The first-order chi connectivity index (χ1) is 10.4. The molecule has 1 fully saturated rings. The Hall–Kier alpha value is -1.95. The molecule has 6 heteroatoms. The van der Waals surface area contributed by atoms with Crippen molar-refractivity contribution in [1.29, 1.82) is 0 Å². The van der Waals surface area contributed by atoms with Crippen LogP contribution in [0.4, 0.5) is 3.89 Å². The van der Waals surface area contributed by atoms with Gasteiger partial charge in [0, 0.05) is 13.0 Å². The Labute approximate surface area is 128 Å². The van der Waals surface area contributed by atoms with E-state index in [2.05, 4.69) is 0 Å². The molecule has 0 saturated carbocycles. The first-order valence-electron chi connectivity index (χ1n) is 7.08. The monoisotopic (exact) mass is 321 g/mol. The fourth-order valence-electron chi connectivity index (χ4n) is 2.91. The van der Waals surface area contributed by atoms with Crippen LogP contribution >= 0.6 is 0 Å². The van der Waals surface area contributed by atoms with Crippen molar-refractivity contribution in [2.45, 2.75) is 24.6 Å². The molecule has 4 nitrogen and oxygen atoms in total. The zero-order valence-electron chi connectivity index (χ0n) is 12.1. The topological polar surface area (TPSA) is 54.5 Å². The second-order valence-electron chi connectivity index (χ2n) is 5.63. The van der Waals surface area contributed by atoms with E-state index in [0.29, 0.717) is 0 Å². The second-order valence-corrected chi connectivity index (χ2v) is 7.25. The van der Waals surface area contributed by atoms with Crippen molar-refractivity contribution >= 4 is 26.9 Å². The Balaban J connectivity index is 1.89. The minimum atomic E-state index is -4.68. The summed E-state index contributed by atoms with van der Waals surface area (Å²) in [6, 6.07) is 13.4. The molecule has 1 heterocycles. The third kappa shape index (κ3) is 2.70. The van der Waals surface area contributed by atoms with Crippen molar-refractivity contribution in [1.82, 2.24) is 4.90 Å². The smallest absolute Gasteiger partial charge is 0.307 e. The van der Waals surface area contributed by atoms with Gasteiger partial charge in [-0.1, -0.05) is 36.4 Å². The Bertz CT molecular complexity index is 834. The molecule has 1 aliphatic rings. The molecule has 1 aliphatic heterocycles. The van der Waals surface area contributed by atoms with Crippen molar-refractivity contribution in [2.24, 2.45) is 0 Å². The third-order valence-corrected chi connectivity index (χ3v) is 5.36. The fourth-order valence-corrected chi connectivity index (χ4v) is 3.59. The molecule has 1 amide bonds. The third-order valence-electron chi connectivity index (χ3n) is 4.24. The lowest BCUT2D eigenvalue weighted by atomic mass is 10.0. The summed E-state index contributed by atoms with van der Waals surface area (Å²) in [4.78, 5) is 13.4. The molecule has 116 valence electrons. The SMILES string of the molecule is CC(c1ccc2ccccc2c1)N1CC(S(=O)(=O)F)CC1=O. The van der Waals surface area contributed by atoms with Crippen LogP contribution in [0.5, 0.6) is 0 Å². The van der Waals surface area contributed by atoms with E-state index in [4.69, 9.17) is 0 Å². The van der Waals surface area contributed by atoms with Gasteiger partial charge in [-0.2, -0.15) is 8.42 Å². The van der Waals surface area contributed by atoms with Gasteiger partial charge in [0.2, 0.25) is 5.91 Å². The van der Waals surface area contributed by atoms with E-state index in [-0.39, 0.29) is 24.9 Å².